The molecule has 0 aliphatic heterocycles. The van der Waals surface area contributed by atoms with Crippen molar-refractivity contribution in [1.82, 2.24) is 15.5 Å². The van der Waals surface area contributed by atoms with E-state index in [0.717, 1.165) is 32.7 Å². The Morgan fingerprint density at radius 1 is 1.10 bits per heavy atom. The highest BCUT2D eigenvalue weighted by atomic mass is 79.9. The lowest BCUT2D eigenvalue weighted by molar-refractivity contribution is 0.464. The summed E-state index contributed by atoms with van der Waals surface area (Å²) < 4.78 is 7.18. The maximum atomic E-state index is 5.52. The first kappa shape index (κ1) is 14.6. The third-order valence-electron chi connectivity index (χ3n) is 3.09. The van der Waals surface area contributed by atoms with Crippen molar-refractivity contribution in [2.75, 3.05) is 0 Å². The van der Waals surface area contributed by atoms with Crippen LogP contribution in [0.5, 0.6) is 0 Å². The first-order valence-electron chi connectivity index (χ1n) is 6.45. The highest BCUT2D eigenvalue weighted by Gasteiger charge is 2.05. The van der Waals surface area contributed by atoms with E-state index in [9.17, 15) is 0 Å². The van der Waals surface area contributed by atoms with Crippen LogP contribution >= 0.6 is 31.9 Å². The van der Waals surface area contributed by atoms with Gasteiger partial charge in [-0.3, -0.25) is 5.10 Å². The second kappa shape index (κ2) is 6.60. The number of furan rings is 1. The lowest BCUT2D eigenvalue weighted by Crippen LogP contribution is -2.11. The minimum absolute atomic E-state index is 0.687. The van der Waals surface area contributed by atoms with Crippen molar-refractivity contribution in [1.29, 1.82) is 0 Å². The van der Waals surface area contributed by atoms with Gasteiger partial charge in [-0.2, -0.15) is 5.10 Å². The highest BCUT2D eigenvalue weighted by molar-refractivity contribution is 9.13. The second-order valence-electron chi connectivity index (χ2n) is 4.61. The minimum atomic E-state index is 0.687. The zero-order chi connectivity index (χ0) is 14.7. The number of hydrogen-bond donors (Lipinski definition) is 2. The van der Waals surface area contributed by atoms with E-state index in [1.54, 1.807) is 6.20 Å². The molecule has 0 amide bonds. The van der Waals surface area contributed by atoms with Crippen LogP contribution in [0.4, 0.5) is 0 Å². The molecule has 0 radical (unpaired) electrons. The monoisotopic (exact) mass is 409 g/mol. The molecule has 1 aromatic carbocycles. The summed E-state index contributed by atoms with van der Waals surface area (Å²) in [5.74, 6) is 0.892. The van der Waals surface area contributed by atoms with E-state index in [4.69, 9.17) is 4.42 Å². The van der Waals surface area contributed by atoms with E-state index in [1.807, 2.05) is 12.1 Å². The quantitative estimate of drug-likeness (QED) is 0.651. The highest BCUT2D eigenvalue weighted by Crippen LogP contribution is 2.26. The Morgan fingerprint density at radius 3 is 2.52 bits per heavy atom. The van der Waals surface area contributed by atoms with E-state index in [0.29, 0.717) is 6.54 Å². The van der Waals surface area contributed by atoms with Gasteiger partial charge in [0.15, 0.2) is 4.67 Å². The predicted molar refractivity (Wildman–Crippen MR) is 88.7 cm³/mol. The Bertz CT molecular complexity index is 686. The first-order valence-corrected chi connectivity index (χ1v) is 8.04. The first-order chi connectivity index (χ1) is 10.2. The molecule has 4 nitrogen and oxygen atoms in total. The number of halogens is 2. The van der Waals surface area contributed by atoms with Crippen LogP contribution in [0.15, 0.2) is 56.2 Å². The summed E-state index contributed by atoms with van der Waals surface area (Å²) in [4.78, 5) is 0. The summed E-state index contributed by atoms with van der Waals surface area (Å²) in [5, 5.41) is 10.3. The molecule has 0 saturated carbocycles. The van der Waals surface area contributed by atoms with Crippen molar-refractivity contribution in [3.63, 3.8) is 0 Å². The van der Waals surface area contributed by atoms with Crippen LogP contribution in [0, 0.1) is 0 Å². The normalized spacial score (nSPS) is 11.0. The molecule has 0 spiro atoms. The molecule has 0 atom stereocenters. The molecule has 21 heavy (non-hydrogen) atoms. The van der Waals surface area contributed by atoms with Gasteiger partial charge in [0.2, 0.25) is 0 Å². The molecule has 0 aliphatic rings. The number of H-pyrrole nitrogens is 1. The molecule has 0 fully saturated rings. The summed E-state index contributed by atoms with van der Waals surface area (Å²) in [5.41, 5.74) is 3.39. The van der Waals surface area contributed by atoms with Gasteiger partial charge in [-0.15, -0.1) is 0 Å². The zero-order valence-corrected chi connectivity index (χ0v) is 14.2. The van der Waals surface area contributed by atoms with E-state index >= 15 is 0 Å². The van der Waals surface area contributed by atoms with Gasteiger partial charge in [-0.25, -0.2) is 0 Å². The Labute approximate surface area is 139 Å². The SMILES string of the molecule is Brc1cc(CNCc2ccc(-c3ccn[nH]3)cc2)oc1Br. The summed E-state index contributed by atoms with van der Waals surface area (Å²) in [7, 11) is 0. The number of nitrogens with one attached hydrogen (secondary N) is 2. The van der Waals surface area contributed by atoms with Crippen molar-refractivity contribution >= 4 is 31.9 Å². The van der Waals surface area contributed by atoms with Crippen LogP contribution in [0.25, 0.3) is 11.3 Å². The zero-order valence-electron chi connectivity index (χ0n) is 11.1. The fraction of sp³-hybridized carbons (Fsp3) is 0.133. The lowest BCUT2D eigenvalue weighted by atomic mass is 10.1. The standard InChI is InChI=1S/C15H13Br2N3O/c16-13-7-12(21-15(13)17)9-18-8-10-1-3-11(4-2-10)14-5-6-19-20-14/h1-7,18H,8-9H2,(H,19,20). The van der Waals surface area contributed by atoms with Gasteiger partial charge < -0.3 is 9.73 Å². The number of aromatic amines is 1. The molecule has 3 aromatic rings. The van der Waals surface area contributed by atoms with E-state index in [2.05, 4.69) is 71.6 Å². The summed E-state index contributed by atoms with van der Waals surface area (Å²) in [6.45, 7) is 1.48. The molecule has 0 unspecified atom stereocenters. The largest absolute Gasteiger partial charge is 0.452 e. The van der Waals surface area contributed by atoms with Crippen LogP contribution in [-0.2, 0) is 13.1 Å². The molecule has 2 aromatic heterocycles. The van der Waals surface area contributed by atoms with Crippen molar-refractivity contribution in [2.45, 2.75) is 13.1 Å². The Morgan fingerprint density at radius 2 is 1.90 bits per heavy atom. The van der Waals surface area contributed by atoms with Crippen LogP contribution in [-0.4, -0.2) is 10.2 Å². The van der Waals surface area contributed by atoms with Crippen molar-refractivity contribution < 1.29 is 4.42 Å². The molecule has 6 heteroatoms. The van der Waals surface area contributed by atoms with E-state index in [-0.39, 0.29) is 0 Å². The fourth-order valence-electron chi connectivity index (χ4n) is 2.03. The Balaban J connectivity index is 1.56. The van der Waals surface area contributed by atoms with Crippen molar-refractivity contribution in [2.24, 2.45) is 0 Å². The van der Waals surface area contributed by atoms with Gasteiger partial charge in [0.25, 0.3) is 0 Å². The second-order valence-corrected chi connectivity index (χ2v) is 6.18. The van der Waals surface area contributed by atoms with Gasteiger partial charge in [0, 0.05) is 12.7 Å². The predicted octanol–water partition coefficient (Wildman–Crippen LogP) is 4.48. The van der Waals surface area contributed by atoms with Crippen LogP contribution in [0.2, 0.25) is 0 Å². The van der Waals surface area contributed by atoms with Gasteiger partial charge in [-0.05, 0) is 55.1 Å². The number of hydrogen-bond acceptors (Lipinski definition) is 3. The van der Waals surface area contributed by atoms with Gasteiger partial charge >= 0.3 is 0 Å². The average molecular weight is 411 g/mol. The number of benzene rings is 1. The van der Waals surface area contributed by atoms with E-state index in [1.165, 1.54) is 5.56 Å². The maximum absolute atomic E-state index is 5.52. The molecule has 108 valence electrons. The lowest BCUT2D eigenvalue weighted by Gasteiger charge is -2.04. The van der Waals surface area contributed by atoms with E-state index < -0.39 is 0 Å². The van der Waals surface area contributed by atoms with Crippen molar-refractivity contribution in [3.05, 3.63) is 63.1 Å². The third kappa shape index (κ3) is 3.64. The topological polar surface area (TPSA) is 53.9 Å². The molecule has 2 heterocycles. The van der Waals surface area contributed by atoms with Crippen LogP contribution < -0.4 is 5.32 Å². The number of rotatable bonds is 5. The summed E-state index contributed by atoms with van der Waals surface area (Å²) >= 11 is 6.73. The fourth-order valence-corrected chi connectivity index (χ4v) is 2.69. The van der Waals surface area contributed by atoms with Gasteiger partial charge in [0.1, 0.15) is 5.76 Å². The smallest absolute Gasteiger partial charge is 0.183 e. The van der Waals surface area contributed by atoms with Crippen molar-refractivity contribution in [3.8, 4) is 11.3 Å². The molecule has 0 saturated heterocycles. The maximum Gasteiger partial charge on any atom is 0.183 e. The number of nitrogens with zero attached hydrogens (tertiary/aromatic N) is 1. The molecular weight excluding hydrogens is 398 g/mol. The Hall–Kier alpha value is -1.37. The summed E-state index contributed by atoms with van der Waals surface area (Å²) in [6, 6.07) is 12.3. The number of aromatic nitrogens is 2. The Kier molecular flexibility index (Phi) is 4.57. The average Bonchev–Trinajstić information content (AvgIpc) is 3.11. The van der Waals surface area contributed by atoms with Crippen LogP contribution in [0.1, 0.15) is 11.3 Å². The molecule has 2 N–H and O–H groups in total. The third-order valence-corrected chi connectivity index (χ3v) is 4.80. The molecule has 0 aliphatic carbocycles. The van der Waals surface area contributed by atoms with Gasteiger partial charge in [0.05, 0.1) is 16.7 Å². The summed E-state index contributed by atoms with van der Waals surface area (Å²) in [6.07, 6.45) is 1.75. The van der Waals surface area contributed by atoms with Crippen LogP contribution in [0.3, 0.4) is 0 Å². The molecular formula is C15H13Br2N3O. The van der Waals surface area contributed by atoms with Gasteiger partial charge in [-0.1, -0.05) is 24.3 Å². The molecule has 3 rings (SSSR count). The minimum Gasteiger partial charge on any atom is -0.452 e. The molecule has 0 bridgehead atoms.